The highest BCUT2D eigenvalue weighted by molar-refractivity contribution is 6.24. The van der Waals surface area contributed by atoms with Crippen molar-refractivity contribution in [3.8, 4) is 44.9 Å². The Labute approximate surface area is 225 Å². The molecule has 1 aliphatic heterocycles. The van der Waals surface area contributed by atoms with Crippen molar-refractivity contribution in [2.45, 2.75) is 0 Å². The van der Waals surface area contributed by atoms with Gasteiger partial charge in [-0.25, -0.2) is 0 Å². The summed E-state index contributed by atoms with van der Waals surface area (Å²) in [6.45, 7) is 0. The minimum absolute atomic E-state index is 0.909. The van der Waals surface area contributed by atoms with Crippen LogP contribution in [0.2, 0.25) is 0 Å². The van der Waals surface area contributed by atoms with Gasteiger partial charge >= 0.3 is 0 Å². The summed E-state index contributed by atoms with van der Waals surface area (Å²) in [5, 5.41) is 10.3. The fourth-order valence-electron chi connectivity index (χ4n) is 6.60. The summed E-state index contributed by atoms with van der Waals surface area (Å²) in [7, 11) is 0. The van der Waals surface area contributed by atoms with Crippen LogP contribution < -0.4 is 4.74 Å². The second-order valence-electron chi connectivity index (χ2n) is 10.5. The fourth-order valence-corrected chi connectivity index (χ4v) is 6.60. The molecule has 0 aromatic heterocycles. The third-order valence-electron chi connectivity index (χ3n) is 8.38. The van der Waals surface area contributed by atoms with Gasteiger partial charge in [0.1, 0.15) is 11.5 Å². The summed E-state index contributed by atoms with van der Waals surface area (Å²) in [6, 6.07) is 48.3. The first-order valence-corrected chi connectivity index (χ1v) is 13.4. The van der Waals surface area contributed by atoms with E-state index in [2.05, 4.69) is 127 Å². The molecular formula is C38H22O. The summed E-state index contributed by atoms with van der Waals surface area (Å²) in [6.07, 6.45) is 0. The van der Waals surface area contributed by atoms with E-state index < -0.39 is 0 Å². The minimum Gasteiger partial charge on any atom is -0.456 e. The zero-order chi connectivity index (χ0) is 25.5. The van der Waals surface area contributed by atoms with Gasteiger partial charge in [-0.2, -0.15) is 0 Å². The monoisotopic (exact) mass is 494 g/mol. The van der Waals surface area contributed by atoms with Gasteiger partial charge in [0, 0.05) is 10.9 Å². The number of rotatable bonds is 2. The largest absolute Gasteiger partial charge is 0.456 e. The molecule has 0 aliphatic carbocycles. The van der Waals surface area contributed by atoms with Crippen LogP contribution in [-0.2, 0) is 0 Å². The number of benzene rings is 8. The van der Waals surface area contributed by atoms with Gasteiger partial charge in [-0.3, -0.25) is 0 Å². The molecule has 0 unspecified atom stereocenters. The summed E-state index contributed by atoms with van der Waals surface area (Å²) in [5.74, 6) is 1.83. The molecule has 9 rings (SSSR count). The molecule has 0 saturated heterocycles. The maximum atomic E-state index is 6.56. The first-order chi connectivity index (χ1) is 19.3. The molecule has 1 heteroatoms. The van der Waals surface area contributed by atoms with Crippen molar-refractivity contribution in [3.63, 3.8) is 0 Å². The SMILES string of the molecule is c1ccc(-c2ccc3c(c2)Oc2ccc(-c4cc5ccc6cccc7ccc(c4)c5c67)c4cccc-3c24)cc1. The molecule has 0 fully saturated rings. The Balaban J connectivity index is 1.25. The van der Waals surface area contributed by atoms with E-state index >= 15 is 0 Å². The molecule has 0 amide bonds. The van der Waals surface area contributed by atoms with Gasteiger partial charge in [-0.1, -0.05) is 103 Å². The van der Waals surface area contributed by atoms with E-state index in [-0.39, 0.29) is 0 Å². The number of hydrogen-bond donors (Lipinski definition) is 0. The van der Waals surface area contributed by atoms with Crippen LogP contribution in [0.4, 0.5) is 0 Å². The van der Waals surface area contributed by atoms with Crippen molar-refractivity contribution in [3.05, 3.63) is 133 Å². The van der Waals surface area contributed by atoms with E-state index in [1.165, 1.54) is 65.3 Å². The van der Waals surface area contributed by atoms with Crippen LogP contribution in [-0.4, -0.2) is 0 Å². The van der Waals surface area contributed by atoms with Crippen LogP contribution >= 0.6 is 0 Å². The van der Waals surface area contributed by atoms with Crippen LogP contribution in [0.3, 0.4) is 0 Å². The molecular weight excluding hydrogens is 472 g/mol. The number of hydrogen-bond acceptors (Lipinski definition) is 1. The smallest absolute Gasteiger partial charge is 0.135 e. The molecule has 8 aromatic carbocycles. The first-order valence-electron chi connectivity index (χ1n) is 13.4. The Morgan fingerprint density at radius 1 is 0.333 bits per heavy atom. The standard InChI is InChI=1S/C38H22O/c1-2-6-23(7-3-1)26-16-17-31-33-11-5-10-32-30(18-19-34(38(32)33)39-35(31)22-26)29-20-27-14-12-24-8-4-9-25-13-15-28(21-29)37(27)36(24)25/h1-22H. The Hall–Kier alpha value is -5.14. The van der Waals surface area contributed by atoms with Crippen molar-refractivity contribution in [1.29, 1.82) is 0 Å². The van der Waals surface area contributed by atoms with Crippen molar-refractivity contribution >= 4 is 43.1 Å². The molecule has 0 radical (unpaired) electrons. The van der Waals surface area contributed by atoms with E-state index in [0.29, 0.717) is 0 Å². The zero-order valence-corrected chi connectivity index (χ0v) is 21.1. The van der Waals surface area contributed by atoms with Gasteiger partial charge in [-0.05, 0) is 95.9 Å². The predicted octanol–water partition coefficient (Wildman–Crippen LogP) is 10.8. The van der Waals surface area contributed by atoms with E-state index in [4.69, 9.17) is 4.74 Å². The Kier molecular flexibility index (Phi) is 4.11. The van der Waals surface area contributed by atoms with Crippen LogP contribution in [0.15, 0.2) is 133 Å². The number of fused-ring (bicyclic) bond motifs is 2. The molecule has 0 bridgehead atoms. The highest BCUT2D eigenvalue weighted by Gasteiger charge is 2.22. The maximum absolute atomic E-state index is 6.56. The van der Waals surface area contributed by atoms with Crippen molar-refractivity contribution < 1.29 is 4.74 Å². The summed E-state index contributed by atoms with van der Waals surface area (Å²) in [5.41, 5.74) is 7.18. The topological polar surface area (TPSA) is 9.23 Å². The van der Waals surface area contributed by atoms with Crippen LogP contribution in [0.25, 0.3) is 76.5 Å². The predicted molar refractivity (Wildman–Crippen MR) is 164 cm³/mol. The average molecular weight is 495 g/mol. The van der Waals surface area contributed by atoms with Gasteiger partial charge in [0.05, 0.1) is 0 Å². The van der Waals surface area contributed by atoms with Crippen LogP contribution in [0.5, 0.6) is 11.5 Å². The Morgan fingerprint density at radius 3 is 1.82 bits per heavy atom. The lowest BCUT2D eigenvalue weighted by Gasteiger charge is -2.23. The van der Waals surface area contributed by atoms with Gasteiger partial charge in [0.25, 0.3) is 0 Å². The Bertz CT molecular complexity index is 2180. The summed E-state index contributed by atoms with van der Waals surface area (Å²) < 4.78 is 6.56. The molecule has 1 nitrogen and oxygen atoms in total. The van der Waals surface area contributed by atoms with Gasteiger partial charge in [-0.15, -0.1) is 0 Å². The quantitative estimate of drug-likeness (QED) is 0.217. The minimum atomic E-state index is 0.909. The highest BCUT2D eigenvalue weighted by atomic mass is 16.5. The van der Waals surface area contributed by atoms with Crippen molar-refractivity contribution in [2.75, 3.05) is 0 Å². The van der Waals surface area contributed by atoms with Gasteiger partial charge in [0.15, 0.2) is 0 Å². The number of ether oxygens (including phenoxy) is 1. The molecule has 0 atom stereocenters. The van der Waals surface area contributed by atoms with Crippen molar-refractivity contribution in [1.82, 2.24) is 0 Å². The Morgan fingerprint density at radius 2 is 1.03 bits per heavy atom. The molecule has 1 aliphatic rings. The molecule has 1 heterocycles. The average Bonchev–Trinajstić information content (AvgIpc) is 3.00. The van der Waals surface area contributed by atoms with E-state index in [1.807, 2.05) is 6.07 Å². The van der Waals surface area contributed by atoms with E-state index in [0.717, 1.165) is 22.6 Å². The highest BCUT2D eigenvalue weighted by Crippen LogP contribution is 2.50. The second-order valence-corrected chi connectivity index (χ2v) is 10.5. The normalized spacial score (nSPS) is 12.3. The molecule has 8 aromatic rings. The second kappa shape index (κ2) is 7.69. The molecule has 0 N–H and O–H groups in total. The third-order valence-corrected chi connectivity index (χ3v) is 8.38. The fraction of sp³-hybridized carbons (Fsp3) is 0. The molecule has 0 saturated carbocycles. The first kappa shape index (κ1) is 20.9. The lowest BCUT2D eigenvalue weighted by molar-refractivity contribution is 0.487. The van der Waals surface area contributed by atoms with E-state index in [9.17, 15) is 0 Å². The van der Waals surface area contributed by atoms with E-state index in [1.54, 1.807) is 0 Å². The van der Waals surface area contributed by atoms with Crippen molar-refractivity contribution in [2.24, 2.45) is 0 Å². The maximum Gasteiger partial charge on any atom is 0.135 e. The summed E-state index contributed by atoms with van der Waals surface area (Å²) >= 11 is 0. The molecule has 180 valence electrons. The molecule has 39 heavy (non-hydrogen) atoms. The lowest BCUT2D eigenvalue weighted by atomic mass is 9.87. The zero-order valence-electron chi connectivity index (χ0n) is 21.1. The van der Waals surface area contributed by atoms with Gasteiger partial charge in [0.2, 0.25) is 0 Å². The molecule has 0 spiro atoms. The third kappa shape index (κ3) is 2.96. The lowest BCUT2D eigenvalue weighted by Crippen LogP contribution is -1.98. The van der Waals surface area contributed by atoms with Gasteiger partial charge < -0.3 is 4.74 Å². The van der Waals surface area contributed by atoms with Crippen LogP contribution in [0.1, 0.15) is 0 Å². The summed E-state index contributed by atoms with van der Waals surface area (Å²) in [4.78, 5) is 0. The van der Waals surface area contributed by atoms with Crippen LogP contribution in [0, 0.1) is 0 Å².